The van der Waals surface area contributed by atoms with Gasteiger partial charge in [0.2, 0.25) is 0 Å². The number of amides is 1. The highest BCUT2D eigenvalue weighted by atomic mass is 16.5. The van der Waals surface area contributed by atoms with Crippen LogP contribution in [0.25, 0.3) is 0 Å². The SMILES string of the molecule is CCOc1ccc(NC(=O)c2c[nH]c(=O)[nH]c2=O)cc1. The first-order chi connectivity index (χ1) is 9.60. The normalized spacial score (nSPS) is 10.1. The summed E-state index contributed by atoms with van der Waals surface area (Å²) in [5.74, 6) is 0.0825. The Kier molecular flexibility index (Phi) is 3.99. The molecule has 0 saturated carbocycles. The molecule has 2 rings (SSSR count). The number of hydrogen-bond donors (Lipinski definition) is 3. The van der Waals surface area contributed by atoms with Gasteiger partial charge in [-0.1, -0.05) is 0 Å². The molecule has 0 fully saturated rings. The average molecular weight is 275 g/mol. The van der Waals surface area contributed by atoms with Gasteiger partial charge in [0.05, 0.1) is 6.61 Å². The van der Waals surface area contributed by atoms with Crippen molar-refractivity contribution >= 4 is 11.6 Å². The minimum Gasteiger partial charge on any atom is -0.494 e. The second-order valence-corrected chi connectivity index (χ2v) is 3.90. The lowest BCUT2D eigenvalue weighted by atomic mass is 10.2. The van der Waals surface area contributed by atoms with Crippen molar-refractivity contribution in [3.8, 4) is 5.75 Å². The van der Waals surface area contributed by atoms with E-state index in [9.17, 15) is 14.4 Å². The first-order valence-corrected chi connectivity index (χ1v) is 5.96. The van der Waals surface area contributed by atoms with Gasteiger partial charge in [-0.15, -0.1) is 0 Å². The van der Waals surface area contributed by atoms with E-state index in [4.69, 9.17) is 4.74 Å². The highest BCUT2D eigenvalue weighted by Crippen LogP contribution is 2.15. The van der Waals surface area contributed by atoms with Gasteiger partial charge in [-0.05, 0) is 31.2 Å². The zero-order valence-corrected chi connectivity index (χ0v) is 10.7. The third kappa shape index (κ3) is 3.14. The van der Waals surface area contributed by atoms with Crippen molar-refractivity contribution < 1.29 is 9.53 Å². The van der Waals surface area contributed by atoms with Gasteiger partial charge in [-0.2, -0.15) is 0 Å². The van der Waals surface area contributed by atoms with Crippen molar-refractivity contribution in [1.82, 2.24) is 9.97 Å². The third-order valence-corrected chi connectivity index (χ3v) is 2.49. The van der Waals surface area contributed by atoms with E-state index in [0.717, 1.165) is 6.20 Å². The molecule has 0 unspecified atom stereocenters. The second-order valence-electron chi connectivity index (χ2n) is 3.90. The zero-order valence-electron chi connectivity index (χ0n) is 10.7. The Hall–Kier alpha value is -2.83. The highest BCUT2D eigenvalue weighted by molar-refractivity contribution is 6.03. The Morgan fingerprint density at radius 2 is 1.95 bits per heavy atom. The van der Waals surface area contributed by atoms with Crippen LogP contribution in [0.15, 0.2) is 40.1 Å². The molecule has 0 aliphatic carbocycles. The van der Waals surface area contributed by atoms with Crippen LogP contribution in [0.2, 0.25) is 0 Å². The fourth-order valence-corrected chi connectivity index (χ4v) is 1.58. The molecule has 104 valence electrons. The quantitative estimate of drug-likeness (QED) is 0.764. The largest absolute Gasteiger partial charge is 0.494 e. The molecule has 0 aliphatic rings. The summed E-state index contributed by atoms with van der Waals surface area (Å²) in [6.07, 6.45) is 1.07. The molecule has 1 aromatic heterocycles. The molecule has 0 saturated heterocycles. The molecule has 1 aromatic carbocycles. The summed E-state index contributed by atoms with van der Waals surface area (Å²) in [7, 11) is 0. The smallest absolute Gasteiger partial charge is 0.325 e. The number of benzene rings is 1. The molecule has 20 heavy (non-hydrogen) atoms. The van der Waals surface area contributed by atoms with Crippen molar-refractivity contribution in [2.75, 3.05) is 11.9 Å². The van der Waals surface area contributed by atoms with E-state index in [1.165, 1.54) is 0 Å². The van der Waals surface area contributed by atoms with E-state index < -0.39 is 17.2 Å². The van der Waals surface area contributed by atoms with Crippen LogP contribution in [0.3, 0.4) is 0 Å². The number of hydrogen-bond acceptors (Lipinski definition) is 4. The van der Waals surface area contributed by atoms with E-state index in [-0.39, 0.29) is 5.56 Å². The van der Waals surface area contributed by atoms with Crippen LogP contribution in [-0.2, 0) is 0 Å². The van der Waals surface area contributed by atoms with Crippen molar-refractivity contribution in [1.29, 1.82) is 0 Å². The summed E-state index contributed by atoms with van der Waals surface area (Å²) in [6.45, 7) is 2.43. The van der Waals surface area contributed by atoms with Crippen LogP contribution in [0.4, 0.5) is 5.69 Å². The average Bonchev–Trinajstić information content (AvgIpc) is 2.41. The van der Waals surface area contributed by atoms with Crippen LogP contribution < -0.4 is 21.3 Å². The number of aromatic nitrogens is 2. The summed E-state index contributed by atoms with van der Waals surface area (Å²) in [6, 6.07) is 6.72. The summed E-state index contributed by atoms with van der Waals surface area (Å²) >= 11 is 0. The molecule has 0 spiro atoms. The van der Waals surface area contributed by atoms with Crippen LogP contribution in [0.1, 0.15) is 17.3 Å². The summed E-state index contributed by atoms with van der Waals surface area (Å²) < 4.78 is 5.28. The number of ether oxygens (including phenoxy) is 1. The van der Waals surface area contributed by atoms with Crippen LogP contribution in [-0.4, -0.2) is 22.5 Å². The summed E-state index contributed by atoms with van der Waals surface area (Å²) in [5.41, 5.74) is -1.05. The lowest BCUT2D eigenvalue weighted by Crippen LogP contribution is -2.29. The summed E-state index contributed by atoms with van der Waals surface area (Å²) in [4.78, 5) is 38.4. The number of carbonyl (C=O) groups is 1. The monoisotopic (exact) mass is 275 g/mol. The lowest BCUT2D eigenvalue weighted by molar-refractivity contribution is 0.102. The topological polar surface area (TPSA) is 104 Å². The molecule has 1 amide bonds. The molecule has 0 bridgehead atoms. The van der Waals surface area contributed by atoms with Crippen molar-refractivity contribution in [2.45, 2.75) is 6.92 Å². The minimum absolute atomic E-state index is 0.168. The lowest BCUT2D eigenvalue weighted by Gasteiger charge is -2.06. The standard InChI is InChI=1S/C13H13N3O4/c1-2-20-9-5-3-8(4-6-9)15-11(17)10-7-14-13(19)16-12(10)18/h3-7H,2H2,1H3,(H,15,17)(H2,14,16,18,19). The van der Waals surface area contributed by atoms with Gasteiger partial charge >= 0.3 is 5.69 Å². The second kappa shape index (κ2) is 5.87. The third-order valence-electron chi connectivity index (χ3n) is 2.49. The van der Waals surface area contributed by atoms with Crippen molar-refractivity contribution in [2.24, 2.45) is 0 Å². The molecular weight excluding hydrogens is 262 g/mol. The van der Waals surface area contributed by atoms with E-state index in [1.54, 1.807) is 24.3 Å². The number of aromatic amines is 2. The fourth-order valence-electron chi connectivity index (χ4n) is 1.58. The molecular formula is C13H13N3O4. The zero-order chi connectivity index (χ0) is 14.5. The first kappa shape index (κ1) is 13.6. The van der Waals surface area contributed by atoms with Gasteiger partial charge in [0.1, 0.15) is 11.3 Å². The van der Waals surface area contributed by atoms with Crippen molar-refractivity contribution in [3.63, 3.8) is 0 Å². The van der Waals surface area contributed by atoms with Gasteiger partial charge in [-0.3, -0.25) is 14.6 Å². The number of rotatable bonds is 4. The Bertz CT molecular complexity index is 715. The van der Waals surface area contributed by atoms with E-state index in [0.29, 0.717) is 18.0 Å². The van der Waals surface area contributed by atoms with Crippen LogP contribution in [0, 0.1) is 0 Å². The molecule has 7 nitrogen and oxygen atoms in total. The number of carbonyl (C=O) groups excluding carboxylic acids is 1. The van der Waals surface area contributed by atoms with Crippen LogP contribution in [0.5, 0.6) is 5.75 Å². The Morgan fingerprint density at radius 3 is 2.55 bits per heavy atom. The maximum Gasteiger partial charge on any atom is 0.325 e. The predicted molar refractivity (Wildman–Crippen MR) is 73.2 cm³/mol. The Balaban J connectivity index is 2.15. The molecule has 3 N–H and O–H groups in total. The number of anilines is 1. The van der Waals surface area contributed by atoms with E-state index in [1.807, 2.05) is 11.9 Å². The van der Waals surface area contributed by atoms with Crippen molar-refractivity contribution in [3.05, 3.63) is 56.9 Å². The molecule has 2 aromatic rings. The van der Waals surface area contributed by atoms with Gasteiger partial charge in [0, 0.05) is 11.9 Å². The van der Waals surface area contributed by atoms with E-state index in [2.05, 4.69) is 10.3 Å². The molecule has 1 heterocycles. The van der Waals surface area contributed by atoms with Gasteiger partial charge < -0.3 is 15.0 Å². The number of H-pyrrole nitrogens is 2. The van der Waals surface area contributed by atoms with Gasteiger partial charge in [0.25, 0.3) is 11.5 Å². The molecule has 0 radical (unpaired) electrons. The fraction of sp³-hybridized carbons (Fsp3) is 0.154. The summed E-state index contributed by atoms with van der Waals surface area (Å²) in [5, 5.41) is 2.55. The van der Waals surface area contributed by atoms with E-state index >= 15 is 0 Å². The molecule has 0 aliphatic heterocycles. The first-order valence-electron chi connectivity index (χ1n) is 5.96. The minimum atomic E-state index is -0.739. The molecule has 0 atom stereocenters. The van der Waals surface area contributed by atoms with Gasteiger partial charge in [-0.25, -0.2) is 4.79 Å². The predicted octanol–water partition coefficient (Wildman–Crippen LogP) is 0.714. The van der Waals surface area contributed by atoms with Gasteiger partial charge in [0.15, 0.2) is 0 Å². The Labute approximate surface area is 113 Å². The number of nitrogens with one attached hydrogen (secondary N) is 3. The van der Waals surface area contributed by atoms with Crippen LogP contribution >= 0.6 is 0 Å². The highest BCUT2D eigenvalue weighted by Gasteiger charge is 2.11. The maximum atomic E-state index is 11.9. The molecule has 7 heteroatoms. The Morgan fingerprint density at radius 1 is 1.25 bits per heavy atom. The maximum absolute atomic E-state index is 11.9.